The fraction of sp³-hybridized carbons (Fsp3) is 0. The van der Waals surface area contributed by atoms with Crippen molar-refractivity contribution in [3.63, 3.8) is 0 Å². The molecule has 0 aliphatic rings. The molecule has 0 saturated heterocycles. The number of hydrogen-bond acceptors (Lipinski definition) is 5. The maximum absolute atomic E-state index is 10.6. The van der Waals surface area contributed by atoms with Gasteiger partial charge in [-0.1, -0.05) is 23.2 Å². The highest BCUT2D eigenvalue weighted by molar-refractivity contribution is 7.00. The van der Waals surface area contributed by atoms with Crippen molar-refractivity contribution in [2.24, 2.45) is 0 Å². The molecule has 8 heteroatoms. The van der Waals surface area contributed by atoms with Gasteiger partial charge in [-0.2, -0.15) is 8.75 Å². The summed E-state index contributed by atoms with van der Waals surface area (Å²) >= 11 is 12.4. The van der Waals surface area contributed by atoms with Crippen LogP contribution < -0.4 is 0 Å². The van der Waals surface area contributed by atoms with E-state index < -0.39 is 4.92 Å². The average Bonchev–Trinajstić information content (AvgIpc) is 2.59. The Morgan fingerprint density at radius 2 is 2.00 bits per heavy atom. The first kappa shape index (κ1) is 9.57. The van der Waals surface area contributed by atoms with Crippen LogP contribution in [0.2, 0.25) is 10.0 Å². The lowest BCUT2D eigenvalue weighted by Crippen LogP contribution is -1.90. The van der Waals surface area contributed by atoms with E-state index in [2.05, 4.69) is 8.75 Å². The van der Waals surface area contributed by atoms with Gasteiger partial charge >= 0.3 is 0 Å². The van der Waals surface area contributed by atoms with E-state index in [9.17, 15) is 10.1 Å². The lowest BCUT2D eigenvalue weighted by Gasteiger charge is -1.96. The molecule has 2 aromatic rings. The summed E-state index contributed by atoms with van der Waals surface area (Å²) in [7, 11) is 0. The summed E-state index contributed by atoms with van der Waals surface area (Å²) in [4.78, 5) is 9.95. The Morgan fingerprint density at radius 1 is 1.36 bits per heavy atom. The van der Waals surface area contributed by atoms with Crippen LogP contribution in [0.15, 0.2) is 6.07 Å². The van der Waals surface area contributed by atoms with Gasteiger partial charge in [0, 0.05) is 6.07 Å². The molecule has 2 rings (SSSR count). The van der Waals surface area contributed by atoms with Crippen molar-refractivity contribution in [2.75, 3.05) is 0 Å². The Kier molecular flexibility index (Phi) is 2.26. The smallest absolute Gasteiger partial charge is 0.258 e. The summed E-state index contributed by atoms with van der Waals surface area (Å²) in [5.74, 6) is 0. The summed E-state index contributed by atoms with van der Waals surface area (Å²) in [6.07, 6.45) is 0. The molecule has 0 aliphatic carbocycles. The summed E-state index contributed by atoms with van der Waals surface area (Å²) in [6.45, 7) is 0. The fourth-order valence-electron chi connectivity index (χ4n) is 0.995. The molecule has 72 valence electrons. The third-order valence-electron chi connectivity index (χ3n) is 1.61. The molecule has 0 spiro atoms. The van der Waals surface area contributed by atoms with Crippen LogP contribution in [0.25, 0.3) is 11.0 Å². The predicted molar refractivity (Wildman–Crippen MR) is 54.1 cm³/mol. The Balaban J connectivity index is 2.88. The van der Waals surface area contributed by atoms with E-state index in [0.717, 1.165) is 11.7 Å². The molecule has 0 bridgehead atoms. The first-order chi connectivity index (χ1) is 6.61. The van der Waals surface area contributed by atoms with Gasteiger partial charge < -0.3 is 0 Å². The summed E-state index contributed by atoms with van der Waals surface area (Å²) in [5.41, 5.74) is 0.417. The zero-order valence-corrected chi connectivity index (χ0v) is 8.73. The lowest BCUT2D eigenvalue weighted by molar-refractivity contribution is -0.384. The van der Waals surface area contributed by atoms with Crippen molar-refractivity contribution in [3.05, 3.63) is 26.2 Å². The SMILES string of the molecule is O=[N+]([O-])c1cc(Cl)c2nsnc2c1Cl. The van der Waals surface area contributed by atoms with Gasteiger partial charge in [0.05, 0.1) is 21.7 Å². The van der Waals surface area contributed by atoms with Crippen molar-refractivity contribution >= 4 is 51.7 Å². The normalized spacial score (nSPS) is 10.7. The standard InChI is InChI=1S/C6HCl2N3O2S/c7-2-1-3(11(12)13)4(8)6-5(2)9-14-10-6/h1H. The quantitative estimate of drug-likeness (QED) is 0.576. The van der Waals surface area contributed by atoms with Gasteiger partial charge in [-0.15, -0.1) is 0 Å². The molecule has 0 N–H and O–H groups in total. The molecule has 0 unspecified atom stereocenters. The van der Waals surface area contributed by atoms with Crippen LogP contribution in [0.5, 0.6) is 0 Å². The van der Waals surface area contributed by atoms with Crippen molar-refractivity contribution < 1.29 is 4.92 Å². The first-order valence-corrected chi connectivity index (χ1v) is 4.84. The maximum atomic E-state index is 10.6. The largest absolute Gasteiger partial charge is 0.291 e. The molecular formula is C6HCl2N3O2S. The zero-order valence-electron chi connectivity index (χ0n) is 6.40. The third kappa shape index (κ3) is 1.31. The van der Waals surface area contributed by atoms with Gasteiger partial charge in [0.15, 0.2) is 0 Å². The average molecular weight is 250 g/mol. The van der Waals surface area contributed by atoms with Gasteiger partial charge in [-0.05, 0) is 0 Å². The Hall–Kier alpha value is -0.980. The minimum absolute atomic E-state index is 0.0249. The number of nitrogens with zero attached hydrogens (tertiary/aromatic N) is 3. The second kappa shape index (κ2) is 3.30. The Bertz CT molecular complexity index is 527. The molecule has 14 heavy (non-hydrogen) atoms. The van der Waals surface area contributed by atoms with E-state index in [-0.39, 0.29) is 21.2 Å². The van der Waals surface area contributed by atoms with Crippen LogP contribution in [0.4, 0.5) is 5.69 Å². The van der Waals surface area contributed by atoms with E-state index in [1.54, 1.807) is 0 Å². The molecule has 0 saturated carbocycles. The van der Waals surface area contributed by atoms with Crippen molar-refractivity contribution in [1.82, 2.24) is 8.75 Å². The number of nitro groups is 1. The molecule has 0 amide bonds. The predicted octanol–water partition coefficient (Wildman–Crippen LogP) is 2.91. The van der Waals surface area contributed by atoms with Crippen molar-refractivity contribution in [2.45, 2.75) is 0 Å². The van der Waals surface area contributed by atoms with E-state index in [1.165, 1.54) is 6.07 Å². The molecule has 0 atom stereocenters. The first-order valence-electron chi connectivity index (χ1n) is 3.36. The highest BCUT2D eigenvalue weighted by atomic mass is 35.5. The summed E-state index contributed by atoms with van der Waals surface area (Å²) in [5, 5.41) is 10.7. The molecule has 1 aromatic heterocycles. The number of halogens is 2. The van der Waals surface area contributed by atoms with Crippen LogP contribution in [-0.2, 0) is 0 Å². The van der Waals surface area contributed by atoms with Crippen LogP contribution >= 0.6 is 34.9 Å². The van der Waals surface area contributed by atoms with Gasteiger partial charge in [0.2, 0.25) is 0 Å². The van der Waals surface area contributed by atoms with Crippen molar-refractivity contribution in [1.29, 1.82) is 0 Å². The molecular weight excluding hydrogens is 249 g/mol. The van der Waals surface area contributed by atoms with Gasteiger partial charge in [0.25, 0.3) is 5.69 Å². The fourth-order valence-corrected chi connectivity index (χ4v) is 2.15. The molecule has 0 aliphatic heterocycles. The molecule has 5 nitrogen and oxygen atoms in total. The van der Waals surface area contributed by atoms with E-state index in [1.807, 2.05) is 0 Å². The number of fused-ring (bicyclic) bond motifs is 1. The summed E-state index contributed by atoms with van der Waals surface area (Å²) < 4.78 is 7.70. The second-order valence-electron chi connectivity index (χ2n) is 2.41. The number of nitro benzene ring substituents is 1. The molecule has 1 aromatic carbocycles. The van der Waals surface area contributed by atoms with Gasteiger partial charge in [-0.3, -0.25) is 10.1 Å². The topological polar surface area (TPSA) is 68.9 Å². The number of aromatic nitrogens is 2. The van der Waals surface area contributed by atoms with E-state index in [4.69, 9.17) is 23.2 Å². The highest BCUT2D eigenvalue weighted by Gasteiger charge is 2.20. The molecule has 0 fully saturated rings. The third-order valence-corrected chi connectivity index (χ3v) is 2.80. The molecule has 0 radical (unpaired) electrons. The van der Waals surface area contributed by atoms with Crippen LogP contribution in [0.3, 0.4) is 0 Å². The van der Waals surface area contributed by atoms with Gasteiger partial charge in [0.1, 0.15) is 16.1 Å². The van der Waals surface area contributed by atoms with E-state index >= 15 is 0 Å². The minimum Gasteiger partial charge on any atom is -0.258 e. The van der Waals surface area contributed by atoms with Gasteiger partial charge in [-0.25, -0.2) is 0 Å². The molecule has 1 heterocycles. The highest BCUT2D eigenvalue weighted by Crippen LogP contribution is 2.35. The number of rotatable bonds is 1. The Labute approximate surface area is 91.7 Å². The number of benzene rings is 1. The van der Waals surface area contributed by atoms with Crippen LogP contribution in [0, 0.1) is 10.1 Å². The van der Waals surface area contributed by atoms with Crippen LogP contribution in [0.1, 0.15) is 0 Å². The monoisotopic (exact) mass is 249 g/mol. The van der Waals surface area contributed by atoms with Crippen LogP contribution in [-0.4, -0.2) is 13.7 Å². The maximum Gasteiger partial charge on any atom is 0.291 e. The zero-order chi connectivity index (χ0) is 10.3. The second-order valence-corrected chi connectivity index (χ2v) is 3.72. The Morgan fingerprint density at radius 3 is 2.64 bits per heavy atom. The van der Waals surface area contributed by atoms with E-state index in [0.29, 0.717) is 5.52 Å². The number of hydrogen-bond donors (Lipinski definition) is 0. The summed E-state index contributed by atoms with van der Waals surface area (Å²) in [6, 6.07) is 1.17. The minimum atomic E-state index is -0.604. The lowest BCUT2D eigenvalue weighted by atomic mass is 10.3. The van der Waals surface area contributed by atoms with Crippen molar-refractivity contribution in [3.8, 4) is 0 Å².